The Kier molecular flexibility index (Phi) is 5.67. The first-order valence-electron chi connectivity index (χ1n) is 7.14. The lowest BCUT2D eigenvalue weighted by molar-refractivity contribution is -0.119. The smallest absolute Gasteiger partial charge is 0.350 e. The van der Waals surface area contributed by atoms with Crippen molar-refractivity contribution in [2.24, 2.45) is 0 Å². The first kappa shape index (κ1) is 18.9. The Morgan fingerprint density at radius 1 is 1.08 bits per heavy atom. The van der Waals surface area contributed by atoms with Crippen molar-refractivity contribution in [3.8, 4) is 0 Å². The van der Waals surface area contributed by atoms with Crippen LogP contribution in [0.2, 0.25) is 15.1 Å². The number of carbonyl (C=O) groups excluding carboxylic acids is 2. The Labute approximate surface area is 166 Å². The van der Waals surface area contributed by atoms with Crippen molar-refractivity contribution < 1.29 is 18.7 Å². The van der Waals surface area contributed by atoms with Gasteiger partial charge in [0.2, 0.25) is 0 Å². The zero-order chi connectivity index (χ0) is 18.8. The molecular formula is C17H9Cl3FNO3S. The highest BCUT2D eigenvalue weighted by molar-refractivity contribution is 7.21. The average molecular weight is 433 g/mol. The van der Waals surface area contributed by atoms with Crippen LogP contribution in [0.25, 0.3) is 10.1 Å². The molecule has 9 heteroatoms. The van der Waals surface area contributed by atoms with E-state index in [0.717, 1.165) is 22.1 Å². The van der Waals surface area contributed by atoms with Gasteiger partial charge in [-0.05, 0) is 30.3 Å². The monoisotopic (exact) mass is 431 g/mol. The Morgan fingerprint density at radius 3 is 2.50 bits per heavy atom. The van der Waals surface area contributed by atoms with E-state index in [1.165, 1.54) is 12.1 Å². The summed E-state index contributed by atoms with van der Waals surface area (Å²) >= 11 is 18.9. The number of ether oxygens (including phenoxy) is 1. The third-order valence-corrected chi connectivity index (χ3v) is 5.42. The van der Waals surface area contributed by atoms with E-state index in [0.29, 0.717) is 10.4 Å². The number of rotatable bonds is 4. The molecule has 0 spiro atoms. The molecule has 0 radical (unpaired) electrons. The van der Waals surface area contributed by atoms with Crippen molar-refractivity contribution >= 4 is 73.8 Å². The normalized spacial score (nSPS) is 10.8. The molecule has 4 nitrogen and oxygen atoms in total. The van der Waals surface area contributed by atoms with Crippen LogP contribution in [0.15, 0.2) is 36.4 Å². The zero-order valence-corrected chi connectivity index (χ0v) is 15.9. The van der Waals surface area contributed by atoms with E-state index >= 15 is 0 Å². The predicted octanol–water partition coefficient (Wildman–Crippen LogP) is 5.80. The first-order valence-corrected chi connectivity index (χ1v) is 9.10. The van der Waals surface area contributed by atoms with Gasteiger partial charge in [0.05, 0.1) is 10.7 Å². The van der Waals surface area contributed by atoms with Crippen molar-refractivity contribution in [1.82, 2.24) is 0 Å². The minimum atomic E-state index is -0.751. The molecule has 0 saturated carbocycles. The van der Waals surface area contributed by atoms with Crippen molar-refractivity contribution in [3.63, 3.8) is 0 Å². The lowest BCUT2D eigenvalue weighted by Crippen LogP contribution is -2.21. The number of hydrogen-bond donors (Lipinski definition) is 1. The second-order valence-corrected chi connectivity index (χ2v) is 7.44. The number of nitrogens with one attached hydrogen (secondary N) is 1. The van der Waals surface area contributed by atoms with Crippen molar-refractivity contribution in [1.29, 1.82) is 0 Å². The molecule has 0 unspecified atom stereocenters. The number of carbonyl (C=O) groups is 2. The van der Waals surface area contributed by atoms with Crippen LogP contribution in [0.1, 0.15) is 9.67 Å². The molecule has 3 rings (SSSR count). The zero-order valence-electron chi connectivity index (χ0n) is 12.8. The highest BCUT2D eigenvalue weighted by Gasteiger charge is 2.20. The number of anilines is 1. The average Bonchev–Trinajstić information content (AvgIpc) is 2.91. The summed E-state index contributed by atoms with van der Waals surface area (Å²) in [6.07, 6.45) is 0. The molecule has 0 aliphatic rings. The second-order valence-electron chi connectivity index (χ2n) is 5.13. The third-order valence-electron chi connectivity index (χ3n) is 3.32. The number of hydrogen-bond acceptors (Lipinski definition) is 4. The quantitative estimate of drug-likeness (QED) is 0.530. The first-order chi connectivity index (χ1) is 12.3. The molecule has 26 heavy (non-hydrogen) atoms. The van der Waals surface area contributed by atoms with E-state index in [4.69, 9.17) is 39.5 Å². The van der Waals surface area contributed by atoms with Gasteiger partial charge in [0.25, 0.3) is 5.91 Å². The Bertz CT molecular complexity index is 1020. The maximum absolute atomic E-state index is 13.6. The van der Waals surface area contributed by atoms with E-state index in [1.807, 2.05) is 0 Å². The van der Waals surface area contributed by atoms with Gasteiger partial charge in [0.1, 0.15) is 10.7 Å². The maximum atomic E-state index is 13.6. The molecule has 2 aromatic carbocycles. The van der Waals surface area contributed by atoms with Crippen LogP contribution in [-0.4, -0.2) is 18.5 Å². The van der Waals surface area contributed by atoms with Crippen molar-refractivity contribution in [3.05, 3.63) is 62.2 Å². The number of halogens is 4. The van der Waals surface area contributed by atoms with Gasteiger partial charge in [0, 0.05) is 20.1 Å². The number of benzene rings is 2. The molecule has 0 atom stereocenters. The summed E-state index contributed by atoms with van der Waals surface area (Å²) < 4.78 is 19.3. The number of esters is 1. The Morgan fingerprint density at radius 2 is 1.77 bits per heavy atom. The molecule has 1 N–H and O–H groups in total. The summed E-state index contributed by atoms with van der Waals surface area (Å²) in [4.78, 5) is 24.2. The number of amides is 1. The molecule has 0 bridgehead atoms. The standard InChI is InChI=1S/C17H9Cl3FNO3S/c18-8-2-4-12(11(21)5-8)22-14(23)7-25-17(24)16-15(20)10-3-1-9(19)6-13(10)26-16/h1-6H,7H2,(H,22,23). The fourth-order valence-electron chi connectivity index (χ4n) is 2.14. The van der Waals surface area contributed by atoms with Crippen LogP contribution < -0.4 is 5.32 Å². The lowest BCUT2D eigenvalue weighted by atomic mass is 10.2. The molecule has 134 valence electrons. The van der Waals surface area contributed by atoms with Crippen LogP contribution in [-0.2, 0) is 9.53 Å². The second kappa shape index (κ2) is 7.80. The summed E-state index contributed by atoms with van der Waals surface area (Å²) in [6, 6.07) is 8.83. The highest BCUT2D eigenvalue weighted by atomic mass is 35.5. The fraction of sp³-hybridized carbons (Fsp3) is 0.0588. The third kappa shape index (κ3) is 4.10. The van der Waals surface area contributed by atoms with Gasteiger partial charge < -0.3 is 10.1 Å². The van der Waals surface area contributed by atoms with E-state index in [-0.39, 0.29) is 20.6 Å². The number of thiophene rings is 1. The molecule has 0 aliphatic heterocycles. The van der Waals surface area contributed by atoms with Crippen molar-refractivity contribution in [2.45, 2.75) is 0 Å². The largest absolute Gasteiger partial charge is 0.451 e. The summed E-state index contributed by atoms with van der Waals surface area (Å²) in [5.41, 5.74) is -0.0648. The summed E-state index contributed by atoms with van der Waals surface area (Å²) in [5, 5.41) is 3.91. The maximum Gasteiger partial charge on any atom is 0.350 e. The van der Waals surface area contributed by atoms with E-state index in [2.05, 4.69) is 5.32 Å². The van der Waals surface area contributed by atoms with E-state index in [9.17, 15) is 14.0 Å². The molecule has 1 heterocycles. The molecule has 0 saturated heterocycles. The highest BCUT2D eigenvalue weighted by Crippen LogP contribution is 2.37. The van der Waals surface area contributed by atoms with Crippen molar-refractivity contribution in [2.75, 3.05) is 11.9 Å². The lowest BCUT2D eigenvalue weighted by Gasteiger charge is -2.07. The van der Waals surface area contributed by atoms with Crippen LogP contribution in [0.3, 0.4) is 0 Å². The molecule has 3 aromatic rings. The summed E-state index contributed by atoms with van der Waals surface area (Å²) in [5.74, 6) is -2.14. The van der Waals surface area contributed by atoms with Gasteiger partial charge in [-0.15, -0.1) is 11.3 Å². The van der Waals surface area contributed by atoms with Gasteiger partial charge in [-0.1, -0.05) is 40.9 Å². The Balaban J connectivity index is 1.67. The minimum absolute atomic E-state index is 0.0648. The van der Waals surface area contributed by atoms with Crippen LogP contribution in [0, 0.1) is 5.82 Å². The van der Waals surface area contributed by atoms with Crippen LogP contribution >= 0.6 is 46.1 Å². The number of fused-ring (bicyclic) bond motifs is 1. The van der Waals surface area contributed by atoms with Gasteiger partial charge in [0.15, 0.2) is 6.61 Å². The summed E-state index contributed by atoms with van der Waals surface area (Å²) in [7, 11) is 0. The molecule has 1 amide bonds. The van der Waals surface area contributed by atoms with Gasteiger partial charge >= 0.3 is 5.97 Å². The predicted molar refractivity (Wildman–Crippen MR) is 102 cm³/mol. The van der Waals surface area contributed by atoms with E-state index < -0.39 is 24.3 Å². The van der Waals surface area contributed by atoms with Gasteiger partial charge in [-0.3, -0.25) is 4.79 Å². The topological polar surface area (TPSA) is 55.4 Å². The Hall–Kier alpha value is -1.86. The van der Waals surface area contributed by atoms with Crippen LogP contribution in [0.5, 0.6) is 0 Å². The van der Waals surface area contributed by atoms with Gasteiger partial charge in [-0.2, -0.15) is 0 Å². The molecule has 0 fully saturated rings. The summed E-state index contributed by atoms with van der Waals surface area (Å²) in [6.45, 7) is -0.591. The van der Waals surface area contributed by atoms with Gasteiger partial charge in [-0.25, -0.2) is 9.18 Å². The molecule has 1 aromatic heterocycles. The molecular weight excluding hydrogens is 424 g/mol. The fourth-order valence-corrected chi connectivity index (χ4v) is 3.98. The SMILES string of the molecule is O=C(COC(=O)c1sc2cc(Cl)ccc2c1Cl)Nc1ccc(Cl)cc1F. The van der Waals surface area contributed by atoms with Crippen LogP contribution in [0.4, 0.5) is 10.1 Å². The van der Waals surface area contributed by atoms with E-state index in [1.54, 1.807) is 18.2 Å². The molecule has 0 aliphatic carbocycles. The minimum Gasteiger partial charge on any atom is -0.451 e.